The van der Waals surface area contributed by atoms with E-state index < -0.39 is 17.6 Å². The standard InChI is InChI=1S/C14H16F3NO2/c1-10(8-13(20)18-6-3-7-19)11-4-2-5-12(9-11)14(15,16)17/h2,4-5,8-9,19H,3,6-7H2,1H3,(H,18,20)/b10-8-. The van der Waals surface area contributed by atoms with Gasteiger partial charge in [-0.3, -0.25) is 4.79 Å². The van der Waals surface area contributed by atoms with Gasteiger partial charge in [0.05, 0.1) is 5.56 Å². The Morgan fingerprint density at radius 3 is 2.70 bits per heavy atom. The van der Waals surface area contributed by atoms with Crippen LogP contribution in [0.25, 0.3) is 5.57 Å². The predicted octanol–water partition coefficient (Wildman–Crippen LogP) is 2.61. The first-order chi connectivity index (χ1) is 9.34. The Balaban J connectivity index is 2.81. The van der Waals surface area contributed by atoms with E-state index in [1.165, 1.54) is 18.2 Å². The first-order valence-corrected chi connectivity index (χ1v) is 6.09. The van der Waals surface area contributed by atoms with E-state index in [-0.39, 0.29) is 6.61 Å². The molecule has 0 fully saturated rings. The summed E-state index contributed by atoms with van der Waals surface area (Å²) in [5, 5.41) is 11.1. The maximum atomic E-state index is 12.6. The molecule has 0 spiro atoms. The van der Waals surface area contributed by atoms with Crippen molar-refractivity contribution in [3.05, 3.63) is 41.5 Å². The summed E-state index contributed by atoms with van der Waals surface area (Å²) in [6.45, 7) is 1.86. The summed E-state index contributed by atoms with van der Waals surface area (Å²) in [4.78, 5) is 11.5. The average molecular weight is 287 g/mol. The first kappa shape index (κ1) is 16.2. The fourth-order valence-electron chi connectivity index (χ4n) is 1.56. The van der Waals surface area contributed by atoms with Crippen molar-refractivity contribution in [3.63, 3.8) is 0 Å². The number of benzene rings is 1. The summed E-state index contributed by atoms with van der Waals surface area (Å²) >= 11 is 0. The van der Waals surface area contributed by atoms with Gasteiger partial charge >= 0.3 is 6.18 Å². The van der Waals surface area contributed by atoms with Crippen molar-refractivity contribution in [1.29, 1.82) is 0 Å². The molecule has 0 aliphatic heterocycles. The lowest BCUT2D eigenvalue weighted by Gasteiger charge is -2.09. The van der Waals surface area contributed by atoms with Crippen molar-refractivity contribution in [2.45, 2.75) is 19.5 Å². The first-order valence-electron chi connectivity index (χ1n) is 6.09. The van der Waals surface area contributed by atoms with Crippen LogP contribution in [0.4, 0.5) is 13.2 Å². The molecule has 0 heterocycles. The Bertz CT molecular complexity index is 495. The van der Waals surface area contributed by atoms with Crippen molar-refractivity contribution >= 4 is 11.5 Å². The Morgan fingerprint density at radius 1 is 1.40 bits per heavy atom. The minimum Gasteiger partial charge on any atom is -0.396 e. The Kier molecular flexibility index (Phi) is 5.76. The number of alkyl halides is 3. The van der Waals surface area contributed by atoms with E-state index in [1.807, 2.05) is 0 Å². The van der Waals surface area contributed by atoms with Crippen LogP contribution < -0.4 is 5.32 Å². The van der Waals surface area contributed by atoms with Crippen molar-refractivity contribution in [1.82, 2.24) is 5.32 Å². The van der Waals surface area contributed by atoms with Gasteiger partial charge in [-0.05, 0) is 36.6 Å². The number of halogens is 3. The third kappa shape index (κ3) is 5.05. The fourth-order valence-corrected chi connectivity index (χ4v) is 1.56. The summed E-state index contributed by atoms with van der Waals surface area (Å²) in [6.07, 6.45) is -2.73. The van der Waals surface area contributed by atoms with Gasteiger partial charge in [-0.2, -0.15) is 13.2 Å². The van der Waals surface area contributed by atoms with Gasteiger partial charge in [0.2, 0.25) is 5.91 Å². The number of rotatable bonds is 5. The third-order valence-corrected chi connectivity index (χ3v) is 2.63. The van der Waals surface area contributed by atoms with Crippen LogP contribution in [0.15, 0.2) is 30.3 Å². The number of allylic oxidation sites excluding steroid dienone is 1. The van der Waals surface area contributed by atoms with Crippen LogP contribution in [-0.4, -0.2) is 24.2 Å². The molecule has 0 aliphatic carbocycles. The van der Waals surface area contributed by atoms with Crippen molar-refractivity contribution in [2.75, 3.05) is 13.2 Å². The molecule has 1 amide bonds. The van der Waals surface area contributed by atoms with Gasteiger partial charge in [0.25, 0.3) is 0 Å². The van der Waals surface area contributed by atoms with Crippen LogP contribution in [0.3, 0.4) is 0 Å². The second-order valence-corrected chi connectivity index (χ2v) is 4.27. The molecule has 6 heteroatoms. The van der Waals surface area contributed by atoms with Gasteiger partial charge in [0.15, 0.2) is 0 Å². The van der Waals surface area contributed by atoms with E-state index in [4.69, 9.17) is 5.11 Å². The molecule has 1 aromatic carbocycles. The molecule has 0 atom stereocenters. The van der Waals surface area contributed by atoms with Gasteiger partial charge in [-0.15, -0.1) is 0 Å². The number of hydrogen-bond donors (Lipinski definition) is 2. The van der Waals surface area contributed by atoms with Crippen LogP contribution in [0.2, 0.25) is 0 Å². The van der Waals surface area contributed by atoms with Gasteiger partial charge in [0.1, 0.15) is 0 Å². The van der Waals surface area contributed by atoms with Gasteiger partial charge in [0, 0.05) is 19.2 Å². The highest BCUT2D eigenvalue weighted by atomic mass is 19.4. The van der Waals surface area contributed by atoms with E-state index in [0.717, 1.165) is 12.1 Å². The quantitative estimate of drug-likeness (QED) is 0.646. The van der Waals surface area contributed by atoms with E-state index in [2.05, 4.69) is 5.32 Å². The molecule has 0 saturated carbocycles. The van der Waals surface area contributed by atoms with E-state index in [0.29, 0.717) is 24.1 Å². The molecule has 0 saturated heterocycles. The molecular formula is C14H16F3NO2. The second kappa shape index (κ2) is 7.09. The van der Waals surface area contributed by atoms with Crippen LogP contribution in [0.5, 0.6) is 0 Å². The highest BCUT2D eigenvalue weighted by Crippen LogP contribution is 2.30. The number of nitrogens with one attached hydrogen (secondary N) is 1. The monoisotopic (exact) mass is 287 g/mol. The van der Waals surface area contributed by atoms with Crippen LogP contribution in [0, 0.1) is 0 Å². The summed E-state index contributed by atoms with van der Waals surface area (Å²) < 4.78 is 37.7. The number of aliphatic hydroxyl groups excluding tert-OH is 1. The smallest absolute Gasteiger partial charge is 0.396 e. The molecule has 0 unspecified atom stereocenters. The number of amides is 1. The lowest BCUT2D eigenvalue weighted by atomic mass is 10.0. The number of carbonyl (C=O) groups excluding carboxylic acids is 1. The van der Waals surface area contributed by atoms with Crippen LogP contribution >= 0.6 is 0 Å². The van der Waals surface area contributed by atoms with E-state index in [9.17, 15) is 18.0 Å². The molecule has 0 aromatic heterocycles. The predicted molar refractivity (Wildman–Crippen MR) is 69.8 cm³/mol. The molecule has 1 rings (SSSR count). The molecular weight excluding hydrogens is 271 g/mol. The zero-order valence-electron chi connectivity index (χ0n) is 11.0. The normalized spacial score (nSPS) is 12.3. The van der Waals surface area contributed by atoms with E-state index >= 15 is 0 Å². The van der Waals surface area contributed by atoms with Gasteiger partial charge in [-0.1, -0.05) is 12.1 Å². The molecule has 0 bridgehead atoms. The topological polar surface area (TPSA) is 49.3 Å². The molecule has 1 aromatic rings. The maximum absolute atomic E-state index is 12.6. The molecule has 0 radical (unpaired) electrons. The Hall–Kier alpha value is -1.82. The number of hydrogen-bond acceptors (Lipinski definition) is 2. The number of aliphatic hydroxyl groups is 1. The van der Waals surface area contributed by atoms with Crippen molar-refractivity contribution < 1.29 is 23.1 Å². The molecule has 2 N–H and O–H groups in total. The minimum absolute atomic E-state index is 0.0311. The lowest BCUT2D eigenvalue weighted by molar-refractivity contribution is -0.137. The zero-order chi connectivity index (χ0) is 15.2. The zero-order valence-corrected chi connectivity index (χ0v) is 11.0. The highest BCUT2D eigenvalue weighted by Gasteiger charge is 2.30. The number of carbonyl (C=O) groups is 1. The minimum atomic E-state index is -4.40. The third-order valence-electron chi connectivity index (χ3n) is 2.63. The van der Waals surface area contributed by atoms with Crippen LogP contribution in [-0.2, 0) is 11.0 Å². The van der Waals surface area contributed by atoms with Crippen molar-refractivity contribution in [2.24, 2.45) is 0 Å². The lowest BCUT2D eigenvalue weighted by Crippen LogP contribution is -2.23. The van der Waals surface area contributed by atoms with Gasteiger partial charge in [-0.25, -0.2) is 0 Å². The fraction of sp³-hybridized carbons (Fsp3) is 0.357. The summed E-state index contributed by atoms with van der Waals surface area (Å²) in [7, 11) is 0. The van der Waals surface area contributed by atoms with Crippen LogP contribution in [0.1, 0.15) is 24.5 Å². The molecule has 0 aliphatic rings. The molecule has 20 heavy (non-hydrogen) atoms. The van der Waals surface area contributed by atoms with E-state index in [1.54, 1.807) is 6.92 Å². The SMILES string of the molecule is C/C(=C/C(=O)NCCCO)c1cccc(C(F)(F)F)c1. The van der Waals surface area contributed by atoms with Gasteiger partial charge < -0.3 is 10.4 Å². The summed E-state index contributed by atoms with van der Waals surface area (Å²) in [6, 6.07) is 4.81. The highest BCUT2D eigenvalue weighted by molar-refractivity contribution is 5.94. The summed E-state index contributed by atoms with van der Waals surface area (Å²) in [5.74, 6) is -0.395. The largest absolute Gasteiger partial charge is 0.416 e. The molecule has 3 nitrogen and oxygen atoms in total. The second-order valence-electron chi connectivity index (χ2n) is 4.27. The Labute approximate surface area is 115 Å². The van der Waals surface area contributed by atoms with Crippen molar-refractivity contribution in [3.8, 4) is 0 Å². The average Bonchev–Trinajstić information content (AvgIpc) is 2.38. The Morgan fingerprint density at radius 2 is 2.10 bits per heavy atom. The molecule has 110 valence electrons. The maximum Gasteiger partial charge on any atom is 0.416 e. The summed E-state index contributed by atoms with van der Waals surface area (Å²) in [5.41, 5.74) is 0.0400.